The number of nitrogens with zero attached hydrogens (tertiary/aromatic N) is 1. The second-order valence-corrected chi connectivity index (χ2v) is 4.63. The highest BCUT2D eigenvalue weighted by molar-refractivity contribution is 7.99. The highest BCUT2D eigenvalue weighted by Gasteiger charge is 2.16. The first-order valence-corrected chi connectivity index (χ1v) is 5.67. The van der Waals surface area contributed by atoms with Gasteiger partial charge >= 0.3 is 0 Å². The first-order valence-electron chi connectivity index (χ1n) is 4.69. The van der Waals surface area contributed by atoms with Crippen LogP contribution in [0.15, 0.2) is 17.6 Å². The minimum Gasteiger partial charge on any atom is -0.389 e. The number of H-pyrrole nitrogens is 1. The van der Waals surface area contributed by atoms with Gasteiger partial charge in [-0.3, -0.25) is 0 Å². The van der Waals surface area contributed by atoms with Crippen molar-refractivity contribution in [2.75, 3.05) is 12.3 Å². The summed E-state index contributed by atoms with van der Waals surface area (Å²) in [4.78, 5) is 7.10. The number of aromatic nitrogens is 2. The molecule has 0 saturated carbocycles. The second-order valence-electron chi connectivity index (χ2n) is 3.55. The van der Waals surface area contributed by atoms with E-state index < -0.39 is 5.60 Å². The van der Waals surface area contributed by atoms with Crippen LogP contribution in [-0.2, 0) is 0 Å². The Labute approximate surface area is 88.3 Å². The minimum absolute atomic E-state index is 0.318. The number of rotatable bonds is 6. The molecule has 0 saturated heterocycles. The van der Waals surface area contributed by atoms with Crippen molar-refractivity contribution < 1.29 is 5.11 Å². The van der Waals surface area contributed by atoms with Gasteiger partial charge in [-0.25, -0.2) is 4.98 Å². The van der Waals surface area contributed by atoms with Gasteiger partial charge in [-0.05, 0) is 19.8 Å². The molecule has 0 aromatic carbocycles. The van der Waals surface area contributed by atoms with Crippen LogP contribution in [0, 0.1) is 0 Å². The molecule has 0 radical (unpaired) electrons. The van der Waals surface area contributed by atoms with Crippen LogP contribution in [0.3, 0.4) is 0 Å². The van der Waals surface area contributed by atoms with E-state index in [-0.39, 0.29) is 0 Å². The van der Waals surface area contributed by atoms with Crippen LogP contribution in [0.2, 0.25) is 0 Å². The van der Waals surface area contributed by atoms with Gasteiger partial charge in [0, 0.05) is 24.7 Å². The SMILES string of the molecule is CC(O)(CN)CCCSc1ncc[nH]1. The Morgan fingerprint density at radius 3 is 3.07 bits per heavy atom. The molecule has 1 rings (SSSR count). The molecule has 0 bridgehead atoms. The molecule has 80 valence electrons. The van der Waals surface area contributed by atoms with Crippen LogP contribution in [0.5, 0.6) is 0 Å². The summed E-state index contributed by atoms with van der Waals surface area (Å²) in [5.41, 5.74) is 4.69. The Balaban J connectivity index is 2.11. The summed E-state index contributed by atoms with van der Waals surface area (Å²) < 4.78 is 0. The molecule has 1 aromatic rings. The van der Waals surface area contributed by atoms with Crippen LogP contribution in [0.1, 0.15) is 19.8 Å². The zero-order valence-electron chi connectivity index (χ0n) is 8.36. The quantitative estimate of drug-likeness (QED) is 0.488. The zero-order valence-corrected chi connectivity index (χ0v) is 9.18. The van der Waals surface area contributed by atoms with E-state index in [2.05, 4.69) is 9.97 Å². The van der Waals surface area contributed by atoms with E-state index in [0.29, 0.717) is 6.54 Å². The molecule has 0 spiro atoms. The van der Waals surface area contributed by atoms with Crippen molar-refractivity contribution in [1.29, 1.82) is 0 Å². The molecule has 0 aliphatic carbocycles. The molecule has 1 aromatic heterocycles. The molecule has 0 fully saturated rings. The van der Waals surface area contributed by atoms with Crippen LogP contribution in [0.25, 0.3) is 0 Å². The lowest BCUT2D eigenvalue weighted by atomic mass is 10.0. The lowest BCUT2D eigenvalue weighted by molar-refractivity contribution is 0.0596. The van der Waals surface area contributed by atoms with Gasteiger partial charge in [0.1, 0.15) is 0 Å². The molecule has 14 heavy (non-hydrogen) atoms. The zero-order chi connectivity index (χ0) is 10.4. The Morgan fingerprint density at radius 1 is 1.71 bits per heavy atom. The molecule has 1 unspecified atom stereocenters. The van der Waals surface area contributed by atoms with Crippen molar-refractivity contribution in [3.05, 3.63) is 12.4 Å². The van der Waals surface area contributed by atoms with Crippen molar-refractivity contribution in [3.63, 3.8) is 0 Å². The Kier molecular flexibility index (Phi) is 4.44. The number of nitrogens with two attached hydrogens (primary N) is 1. The van der Waals surface area contributed by atoms with E-state index in [1.54, 1.807) is 31.1 Å². The number of hydrogen-bond donors (Lipinski definition) is 3. The summed E-state index contributed by atoms with van der Waals surface area (Å²) in [5, 5.41) is 10.6. The van der Waals surface area contributed by atoms with Crippen LogP contribution < -0.4 is 5.73 Å². The fourth-order valence-electron chi connectivity index (χ4n) is 1.05. The Morgan fingerprint density at radius 2 is 2.50 bits per heavy atom. The van der Waals surface area contributed by atoms with E-state index in [9.17, 15) is 5.11 Å². The van der Waals surface area contributed by atoms with Crippen LogP contribution in [0.4, 0.5) is 0 Å². The van der Waals surface area contributed by atoms with Gasteiger partial charge < -0.3 is 15.8 Å². The monoisotopic (exact) mass is 215 g/mol. The topological polar surface area (TPSA) is 74.9 Å². The molecular weight excluding hydrogens is 198 g/mol. The third-order valence-corrected chi connectivity index (χ3v) is 3.00. The van der Waals surface area contributed by atoms with E-state index >= 15 is 0 Å². The van der Waals surface area contributed by atoms with Crippen LogP contribution >= 0.6 is 11.8 Å². The van der Waals surface area contributed by atoms with E-state index in [0.717, 1.165) is 23.8 Å². The van der Waals surface area contributed by atoms with E-state index in [4.69, 9.17) is 5.73 Å². The summed E-state index contributed by atoms with van der Waals surface area (Å²) in [6, 6.07) is 0. The second kappa shape index (κ2) is 5.38. The van der Waals surface area contributed by atoms with Gasteiger partial charge in [-0.1, -0.05) is 11.8 Å². The summed E-state index contributed by atoms with van der Waals surface area (Å²) in [6.45, 7) is 2.09. The molecule has 1 atom stereocenters. The molecule has 1 heterocycles. The van der Waals surface area contributed by atoms with Gasteiger partial charge in [-0.15, -0.1) is 0 Å². The standard InChI is InChI=1S/C9H17N3OS/c1-9(13,7-10)3-2-6-14-8-11-4-5-12-8/h4-5,13H,2-3,6-7,10H2,1H3,(H,11,12). The first-order chi connectivity index (χ1) is 6.64. The number of hydrogen-bond acceptors (Lipinski definition) is 4. The van der Waals surface area contributed by atoms with Gasteiger partial charge in [0.25, 0.3) is 0 Å². The van der Waals surface area contributed by atoms with Gasteiger partial charge in [-0.2, -0.15) is 0 Å². The fourth-order valence-corrected chi connectivity index (χ4v) is 1.82. The third kappa shape index (κ3) is 4.13. The number of aliphatic hydroxyl groups is 1. The average Bonchev–Trinajstić information content (AvgIpc) is 2.65. The Bertz CT molecular complexity index is 249. The number of aromatic amines is 1. The van der Waals surface area contributed by atoms with Crippen molar-refractivity contribution in [2.24, 2.45) is 5.73 Å². The van der Waals surface area contributed by atoms with Gasteiger partial charge in [0.05, 0.1) is 5.60 Å². The lowest BCUT2D eigenvalue weighted by Gasteiger charge is -2.20. The van der Waals surface area contributed by atoms with Gasteiger partial charge in [0.2, 0.25) is 0 Å². The highest BCUT2D eigenvalue weighted by Crippen LogP contribution is 2.17. The molecular formula is C9H17N3OS. The van der Waals surface area contributed by atoms with Gasteiger partial charge in [0.15, 0.2) is 5.16 Å². The molecule has 0 aliphatic heterocycles. The first kappa shape index (κ1) is 11.6. The predicted molar refractivity (Wildman–Crippen MR) is 58.2 cm³/mol. The number of nitrogens with one attached hydrogen (secondary N) is 1. The van der Waals surface area contributed by atoms with E-state index in [1.165, 1.54) is 0 Å². The Hall–Kier alpha value is -0.520. The molecule has 0 amide bonds. The summed E-state index contributed by atoms with van der Waals surface area (Å²) in [7, 11) is 0. The normalized spacial score (nSPS) is 15.4. The predicted octanol–water partition coefficient (Wildman–Crippen LogP) is 0.992. The molecule has 0 aliphatic rings. The van der Waals surface area contributed by atoms with Crippen molar-refractivity contribution >= 4 is 11.8 Å². The third-order valence-electron chi connectivity index (χ3n) is 2.01. The van der Waals surface area contributed by atoms with Crippen LogP contribution in [-0.4, -0.2) is 33.0 Å². The van der Waals surface area contributed by atoms with E-state index in [1.807, 2.05) is 0 Å². The van der Waals surface area contributed by atoms with Crippen molar-refractivity contribution in [3.8, 4) is 0 Å². The summed E-state index contributed by atoms with van der Waals surface area (Å²) in [5.74, 6) is 0.948. The highest BCUT2D eigenvalue weighted by atomic mass is 32.2. The summed E-state index contributed by atoms with van der Waals surface area (Å²) >= 11 is 1.66. The average molecular weight is 215 g/mol. The molecule has 4 N–H and O–H groups in total. The minimum atomic E-state index is -0.719. The molecule has 5 heteroatoms. The number of imidazole rings is 1. The smallest absolute Gasteiger partial charge is 0.165 e. The van der Waals surface area contributed by atoms with Crippen molar-refractivity contribution in [1.82, 2.24) is 9.97 Å². The maximum absolute atomic E-state index is 9.62. The fraction of sp³-hybridized carbons (Fsp3) is 0.667. The largest absolute Gasteiger partial charge is 0.389 e. The summed E-state index contributed by atoms with van der Waals surface area (Å²) in [6.07, 6.45) is 5.21. The lowest BCUT2D eigenvalue weighted by Crippen LogP contribution is -2.34. The van der Waals surface area contributed by atoms with Crippen molar-refractivity contribution in [2.45, 2.75) is 30.5 Å². The number of thioether (sulfide) groups is 1. The maximum atomic E-state index is 9.62. The molecule has 4 nitrogen and oxygen atoms in total. The maximum Gasteiger partial charge on any atom is 0.165 e.